The molecule has 0 bridgehead atoms. The smallest absolute Gasteiger partial charge is 0.133 e. The van der Waals surface area contributed by atoms with Gasteiger partial charge in [-0.05, 0) is 36.8 Å². The van der Waals surface area contributed by atoms with Crippen molar-refractivity contribution in [2.45, 2.75) is 32.3 Å². The van der Waals surface area contributed by atoms with Gasteiger partial charge in [-0.1, -0.05) is 19.1 Å². The molecule has 0 spiro atoms. The Bertz CT molecular complexity index is 547. The maximum Gasteiger partial charge on any atom is 0.133 e. The van der Waals surface area contributed by atoms with Crippen molar-refractivity contribution in [3.05, 3.63) is 53.5 Å². The van der Waals surface area contributed by atoms with Crippen molar-refractivity contribution >= 4 is 0 Å². The number of aryl methyl sites for hydroxylation is 1. The van der Waals surface area contributed by atoms with Crippen molar-refractivity contribution in [1.29, 1.82) is 0 Å². The summed E-state index contributed by atoms with van der Waals surface area (Å²) in [4.78, 5) is 0. The highest BCUT2D eigenvalue weighted by Gasteiger charge is 2.24. The summed E-state index contributed by atoms with van der Waals surface area (Å²) in [6.45, 7) is 4.94. The van der Waals surface area contributed by atoms with Crippen LogP contribution in [0, 0.1) is 0 Å². The average Bonchev–Trinajstić information content (AvgIpc) is 2.99. The van der Waals surface area contributed by atoms with E-state index in [-0.39, 0.29) is 5.92 Å². The summed E-state index contributed by atoms with van der Waals surface area (Å²) >= 11 is 0. The van der Waals surface area contributed by atoms with E-state index < -0.39 is 6.10 Å². The molecule has 114 valence electrons. The van der Waals surface area contributed by atoms with Crippen LogP contribution >= 0.6 is 0 Å². The third-order valence-electron chi connectivity index (χ3n) is 3.58. The van der Waals surface area contributed by atoms with E-state index >= 15 is 0 Å². The van der Waals surface area contributed by atoms with E-state index in [0.717, 1.165) is 23.5 Å². The lowest BCUT2D eigenvalue weighted by Crippen LogP contribution is -2.19. The fourth-order valence-corrected chi connectivity index (χ4v) is 2.37. The molecule has 0 saturated heterocycles. The van der Waals surface area contributed by atoms with E-state index in [9.17, 15) is 5.11 Å². The Labute approximate surface area is 125 Å². The van der Waals surface area contributed by atoms with Gasteiger partial charge in [-0.25, -0.2) is 0 Å². The zero-order chi connectivity index (χ0) is 15.2. The molecule has 21 heavy (non-hydrogen) atoms. The molecule has 2 rings (SSSR count). The van der Waals surface area contributed by atoms with Crippen molar-refractivity contribution in [2.75, 3.05) is 13.2 Å². The molecule has 0 radical (unpaired) electrons. The van der Waals surface area contributed by atoms with E-state index in [0.29, 0.717) is 18.9 Å². The summed E-state index contributed by atoms with van der Waals surface area (Å²) in [6.07, 6.45) is 0.0662. The number of rotatable bonds is 7. The molecule has 2 atom stereocenters. The molecule has 1 aromatic carbocycles. The molecule has 0 amide bonds. The Kier molecular flexibility index (Phi) is 5.42. The number of aliphatic hydroxyl groups is 1. The summed E-state index contributed by atoms with van der Waals surface area (Å²) in [5.74, 6) is 2.05. The third kappa shape index (κ3) is 3.65. The highest BCUT2D eigenvalue weighted by Crippen LogP contribution is 2.32. The molecule has 0 aliphatic carbocycles. The van der Waals surface area contributed by atoms with Crippen LogP contribution in [0.3, 0.4) is 0 Å². The van der Waals surface area contributed by atoms with Crippen LogP contribution in [0.1, 0.15) is 43.0 Å². The van der Waals surface area contributed by atoms with Crippen LogP contribution in [0.2, 0.25) is 0 Å². The third-order valence-corrected chi connectivity index (χ3v) is 3.58. The van der Waals surface area contributed by atoms with Crippen LogP contribution in [0.4, 0.5) is 0 Å². The van der Waals surface area contributed by atoms with Crippen LogP contribution in [-0.2, 0) is 6.42 Å². The van der Waals surface area contributed by atoms with Gasteiger partial charge in [0, 0.05) is 18.9 Å². The van der Waals surface area contributed by atoms with Gasteiger partial charge >= 0.3 is 0 Å². The number of hydrogen-bond acceptors (Lipinski definition) is 4. The molecule has 2 aromatic rings. The van der Waals surface area contributed by atoms with Crippen LogP contribution in [0.5, 0.6) is 5.75 Å². The van der Waals surface area contributed by atoms with Gasteiger partial charge < -0.3 is 20.0 Å². The van der Waals surface area contributed by atoms with Crippen LogP contribution in [0.15, 0.2) is 40.8 Å². The highest BCUT2D eigenvalue weighted by atomic mass is 16.5. The summed E-state index contributed by atoms with van der Waals surface area (Å²) in [7, 11) is 0. The summed E-state index contributed by atoms with van der Waals surface area (Å²) in [5, 5.41) is 10.5. The molecule has 4 heteroatoms. The predicted molar refractivity (Wildman–Crippen MR) is 82.5 cm³/mol. The van der Waals surface area contributed by atoms with Gasteiger partial charge in [0.05, 0.1) is 6.61 Å². The molecule has 1 heterocycles. The molecule has 1 aromatic heterocycles. The minimum absolute atomic E-state index is 0.198. The van der Waals surface area contributed by atoms with Crippen molar-refractivity contribution < 1.29 is 14.3 Å². The molecule has 0 aliphatic heterocycles. The van der Waals surface area contributed by atoms with E-state index in [1.165, 1.54) is 0 Å². The lowest BCUT2D eigenvalue weighted by Gasteiger charge is -2.20. The van der Waals surface area contributed by atoms with E-state index in [4.69, 9.17) is 14.9 Å². The monoisotopic (exact) mass is 289 g/mol. The Balaban J connectivity index is 2.17. The van der Waals surface area contributed by atoms with Crippen molar-refractivity contribution in [2.24, 2.45) is 5.73 Å². The molecule has 0 fully saturated rings. The number of hydrogen-bond donors (Lipinski definition) is 2. The molecular weight excluding hydrogens is 266 g/mol. The minimum atomic E-state index is -0.742. The number of benzene rings is 1. The predicted octanol–water partition coefficient (Wildman–Crippen LogP) is 3.02. The molecule has 0 aliphatic rings. The average molecular weight is 289 g/mol. The lowest BCUT2D eigenvalue weighted by atomic mass is 9.92. The first kappa shape index (κ1) is 15.6. The maximum absolute atomic E-state index is 10.5. The number of ether oxygens (including phenoxy) is 1. The standard InChI is InChI=1S/C17H23NO3/c1-3-13-9-10-16(21-13)17(19)15(11-18)12-5-7-14(8-6-12)20-4-2/h5-10,15,17,19H,3-4,11,18H2,1-2H3. The summed E-state index contributed by atoms with van der Waals surface area (Å²) in [5.41, 5.74) is 6.82. The van der Waals surface area contributed by atoms with E-state index in [1.807, 2.05) is 50.2 Å². The second kappa shape index (κ2) is 7.29. The van der Waals surface area contributed by atoms with Gasteiger partial charge in [-0.3, -0.25) is 0 Å². The first-order chi connectivity index (χ1) is 10.2. The van der Waals surface area contributed by atoms with E-state index in [1.54, 1.807) is 0 Å². The number of aliphatic hydroxyl groups excluding tert-OH is 1. The van der Waals surface area contributed by atoms with Gasteiger partial charge in [0.25, 0.3) is 0 Å². The zero-order valence-electron chi connectivity index (χ0n) is 12.6. The second-order valence-electron chi connectivity index (χ2n) is 4.95. The maximum atomic E-state index is 10.5. The molecule has 4 nitrogen and oxygen atoms in total. The van der Waals surface area contributed by atoms with Crippen molar-refractivity contribution in [3.63, 3.8) is 0 Å². The Morgan fingerprint density at radius 2 is 1.86 bits per heavy atom. The Morgan fingerprint density at radius 3 is 2.38 bits per heavy atom. The van der Waals surface area contributed by atoms with Crippen molar-refractivity contribution in [3.8, 4) is 5.75 Å². The van der Waals surface area contributed by atoms with Gasteiger partial charge in [-0.15, -0.1) is 0 Å². The van der Waals surface area contributed by atoms with Crippen LogP contribution in [-0.4, -0.2) is 18.3 Å². The number of furan rings is 1. The van der Waals surface area contributed by atoms with Crippen LogP contribution in [0.25, 0.3) is 0 Å². The molecule has 0 saturated carbocycles. The Hall–Kier alpha value is -1.78. The summed E-state index contributed by atoms with van der Waals surface area (Å²) < 4.78 is 11.1. The van der Waals surface area contributed by atoms with Gasteiger partial charge in [0.15, 0.2) is 0 Å². The first-order valence-corrected chi connectivity index (χ1v) is 7.39. The molecular formula is C17H23NO3. The number of nitrogens with two attached hydrogens (primary N) is 1. The fourth-order valence-electron chi connectivity index (χ4n) is 2.37. The van der Waals surface area contributed by atoms with Gasteiger partial charge in [-0.2, -0.15) is 0 Å². The normalized spacial score (nSPS) is 13.9. The fraction of sp³-hybridized carbons (Fsp3) is 0.412. The largest absolute Gasteiger partial charge is 0.494 e. The quantitative estimate of drug-likeness (QED) is 0.822. The SMILES string of the molecule is CCOc1ccc(C(CN)C(O)c2ccc(CC)o2)cc1. The Morgan fingerprint density at radius 1 is 1.14 bits per heavy atom. The van der Waals surface area contributed by atoms with Crippen molar-refractivity contribution in [1.82, 2.24) is 0 Å². The van der Waals surface area contributed by atoms with Gasteiger partial charge in [0.1, 0.15) is 23.4 Å². The highest BCUT2D eigenvalue weighted by molar-refractivity contribution is 5.31. The summed E-state index contributed by atoms with van der Waals surface area (Å²) in [6, 6.07) is 11.4. The van der Waals surface area contributed by atoms with Gasteiger partial charge in [0.2, 0.25) is 0 Å². The minimum Gasteiger partial charge on any atom is -0.494 e. The zero-order valence-corrected chi connectivity index (χ0v) is 12.6. The second-order valence-corrected chi connectivity index (χ2v) is 4.95. The lowest BCUT2D eigenvalue weighted by molar-refractivity contribution is 0.120. The molecule has 2 unspecified atom stereocenters. The van der Waals surface area contributed by atoms with Crippen LogP contribution < -0.4 is 10.5 Å². The van der Waals surface area contributed by atoms with E-state index in [2.05, 4.69) is 0 Å². The molecule has 3 N–H and O–H groups in total. The first-order valence-electron chi connectivity index (χ1n) is 7.39. The topological polar surface area (TPSA) is 68.6 Å².